The molecule has 1 N–H and O–H groups in total. The summed E-state index contributed by atoms with van der Waals surface area (Å²) >= 11 is 0. The Bertz CT molecular complexity index is 853. The third-order valence-corrected chi connectivity index (χ3v) is 5.82. The van der Waals surface area contributed by atoms with Crippen LogP contribution in [-0.2, 0) is 21.5 Å². The molecule has 0 radical (unpaired) electrons. The van der Waals surface area contributed by atoms with Crippen LogP contribution in [0.4, 0.5) is 4.39 Å². The number of hydroxylamine groups is 1. The van der Waals surface area contributed by atoms with Crippen molar-refractivity contribution in [2.24, 2.45) is 0 Å². The Morgan fingerprint density at radius 3 is 2.38 bits per heavy atom. The fourth-order valence-electron chi connectivity index (χ4n) is 2.37. The minimum absolute atomic E-state index is 0.103. The van der Waals surface area contributed by atoms with E-state index in [1.165, 1.54) is 4.31 Å². The standard InChI is InChI=1S/C18H21FN2O4S/c1-3-21(4-2)26(23,24)15-10-11-17(19)16(12-15)18(22)20-25-13-14-8-6-5-7-9-14/h5-12H,3-4,13H2,1-2H3,(H,20,22). The first-order valence-electron chi connectivity index (χ1n) is 8.15. The van der Waals surface area contributed by atoms with Crippen molar-refractivity contribution in [1.29, 1.82) is 0 Å². The van der Waals surface area contributed by atoms with E-state index in [4.69, 9.17) is 4.84 Å². The van der Waals surface area contributed by atoms with Crippen molar-refractivity contribution in [3.05, 3.63) is 65.5 Å². The Kier molecular flexibility index (Phi) is 6.84. The molecule has 140 valence electrons. The zero-order chi connectivity index (χ0) is 19.2. The zero-order valence-corrected chi connectivity index (χ0v) is 15.4. The molecule has 6 nitrogen and oxygen atoms in total. The number of carbonyl (C=O) groups excluding carboxylic acids is 1. The fourth-order valence-corrected chi connectivity index (χ4v) is 3.85. The molecule has 0 fully saturated rings. The van der Waals surface area contributed by atoms with Crippen LogP contribution in [0.5, 0.6) is 0 Å². The molecule has 0 aromatic heterocycles. The summed E-state index contributed by atoms with van der Waals surface area (Å²) in [5.41, 5.74) is 2.56. The van der Waals surface area contributed by atoms with Gasteiger partial charge in [-0.3, -0.25) is 9.63 Å². The molecule has 8 heteroatoms. The molecule has 2 aromatic rings. The molecule has 0 bridgehead atoms. The van der Waals surface area contributed by atoms with Crippen LogP contribution in [0.15, 0.2) is 53.4 Å². The lowest BCUT2D eigenvalue weighted by Gasteiger charge is -2.18. The van der Waals surface area contributed by atoms with Gasteiger partial charge in [-0.05, 0) is 23.8 Å². The van der Waals surface area contributed by atoms with E-state index in [-0.39, 0.29) is 24.6 Å². The number of hydrogen-bond acceptors (Lipinski definition) is 4. The van der Waals surface area contributed by atoms with Crippen LogP contribution in [0.1, 0.15) is 29.8 Å². The summed E-state index contributed by atoms with van der Waals surface area (Å²) in [6.45, 7) is 4.06. The van der Waals surface area contributed by atoms with Crippen LogP contribution >= 0.6 is 0 Å². The predicted octanol–water partition coefficient (Wildman–Crippen LogP) is 2.72. The zero-order valence-electron chi connectivity index (χ0n) is 14.6. The molecule has 0 aliphatic rings. The molecule has 1 amide bonds. The van der Waals surface area contributed by atoms with Gasteiger partial charge in [0.05, 0.1) is 17.1 Å². The van der Waals surface area contributed by atoms with Crippen LogP contribution in [0.25, 0.3) is 0 Å². The van der Waals surface area contributed by atoms with E-state index in [2.05, 4.69) is 5.48 Å². The highest BCUT2D eigenvalue weighted by atomic mass is 32.2. The smallest absolute Gasteiger partial charge is 0.269 e. The van der Waals surface area contributed by atoms with Gasteiger partial charge in [-0.15, -0.1) is 0 Å². The Balaban J connectivity index is 2.14. The van der Waals surface area contributed by atoms with Crippen LogP contribution in [0, 0.1) is 5.82 Å². The third kappa shape index (κ3) is 4.66. The summed E-state index contributed by atoms with van der Waals surface area (Å²) in [5.74, 6) is -1.68. The van der Waals surface area contributed by atoms with Crippen LogP contribution in [0.3, 0.4) is 0 Å². The monoisotopic (exact) mass is 380 g/mol. The maximum atomic E-state index is 14.0. The van der Waals surface area contributed by atoms with Gasteiger partial charge >= 0.3 is 0 Å². The number of nitrogens with zero attached hydrogens (tertiary/aromatic N) is 1. The third-order valence-electron chi connectivity index (χ3n) is 3.77. The second-order valence-electron chi connectivity index (χ2n) is 5.44. The summed E-state index contributed by atoms with van der Waals surface area (Å²) in [7, 11) is -3.79. The molecule has 0 unspecified atom stereocenters. The van der Waals surface area contributed by atoms with Gasteiger partial charge in [-0.25, -0.2) is 18.3 Å². The molecule has 0 saturated heterocycles. The first-order valence-corrected chi connectivity index (χ1v) is 9.59. The van der Waals surface area contributed by atoms with Gasteiger partial charge in [-0.2, -0.15) is 4.31 Å². The van der Waals surface area contributed by atoms with Gasteiger partial charge in [0.2, 0.25) is 10.0 Å². The number of sulfonamides is 1. The van der Waals surface area contributed by atoms with Gasteiger partial charge in [0.1, 0.15) is 5.82 Å². The van der Waals surface area contributed by atoms with E-state index >= 15 is 0 Å². The molecule has 0 saturated carbocycles. The molecule has 0 spiro atoms. The van der Waals surface area contributed by atoms with E-state index in [1.54, 1.807) is 13.8 Å². The van der Waals surface area contributed by atoms with Crippen molar-refractivity contribution in [3.8, 4) is 0 Å². The Labute approximate surface area is 152 Å². The molecule has 2 rings (SSSR count). The second kappa shape index (κ2) is 8.88. The number of benzene rings is 2. The molecule has 0 aliphatic heterocycles. The molecule has 0 aliphatic carbocycles. The summed E-state index contributed by atoms with van der Waals surface area (Å²) < 4.78 is 40.3. The first kappa shape index (κ1) is 20.0. The number of halogens is 1. The summed E-state index contributed by atoms with van der Waals surface area (Å²) in [4.78, 5) is 17.1. The topological polar surface area (TPSA) is 75.7 Å². The highest BCUT2D eigenvalue weighted by molar-refractivity contribution is 7.89. The first-order chi connectivity index (χ1) is 12.4. The SMILES string of the molecule is CCN(CC)S(=O)(=O)c1ccc(F)c(C(=O)NOCc2ccccc2)c1. The van der Waals surface area contributed by atoms with Gasteiger partial charge in [0.15, 0.2) is 0 Å². The number of rotatable bonds is 8. The normalized spacial score (nSPS) is 11.5. The van der Waals surface area contributed by atoms with Gasteiger partial charge in [0.25, 0.3) is 5.91 Å². The van der Waals surface area contributed by atoms with E-state index in [0.717, 1.165) is 23.8 Å². The molecule has 2 aromatic carbocycles. The van der Waals surface area contributed by atoms with E-state index in [0.29, 0.717) is 0 Å². The van der Waals surface area contributed by atoms with E-state index < -0.39 is 27.3 Å². The maximum absolute atomic E-state index is 14.0. The minimum Gasteiger partial charge on any atom is -0.269 e. The van der Waals surface area contributed by atoms with Gasteiger partial charge < -0.3 is 0 Å². The van der Waals surface area contributed by atoms with Crippen molar-refractivity contribution >= 4 is 15.9 Å². The Morgan fingerprint density at radius 2 is 1.77 bits per heavy atom. The maximum Gasteiger partial charge on any atom is 0.277 e. The van der Waals surface area contributed by atoms with E-state index in [9.17, 15) is 17.6 Å². The quantitative estimate of drug-likeness (QED) is 0.715. The van der Waals surface area contributed by atoms with Crippen LogP contribution in [0.2, 0.25) is 0 Å². The van der Waals surface area contributed by atoms with Crippen molar-refractivity contribution < 1.29 is 22.4 Å². The minimum atomic E-state index is -3.79. The average molecular weight is 380 g/mol. The molecule has 0 atom stereocenters. The van der Waals surface area contributed by atoms with Crippen molar-refractivity contribution in [2.75, 3.05) is 13.1 Å². The van der Waals surface area contributed by atoms with Crippen LogP contribution in [-0.4, -0.2) is 31.7 Å². The molecule has 26 heavy (non-hydrogen) atoms. The fraction of sp³-hybridized carbons (Fsp3) is 0.278. The molecular weight excluding hydrogens is 359 g/mol. The van der Waals surface area contributed by atoms with Crippen molar-refractivity contribution in [2.45, 2.75) is 25.3 Å². The number of amides is 1. The molecule has 0 heterocycles. The van der Waals surface area contributed by atoms with Crippen molar-refractivity contribution in [1.82, 2.24) is 9.79 Å². The summed E-state index contributed by atoms with van der Waals surface area (Å²) in [6, 6.07) is 12.2. The number of nitrogens with one attached hydrogen (secondary N) is 1. The Hall–Kier alpha value is -2.29. The highest BCUT2D eigenvalue weighted by Gasteiger charge is 2.24. The Morgan fingerprint density at radius 1 is 1.12 bits per heavy atom. The average Bonchev–Trinajstić information content (AvgIpc) is 2.63. The summed E-state index contributed by atoms with van der Waals surface area (Å²) in [5, 5.41) is 0. The van der Waals surface area contributed by atoms with Gasteiger partial charge in [0, 0.05) is 13.1 Å². The lowest BCUT2D eigenvalue weighted by atomic mass is 10.2. The molecular formula is C18H21FN2O4S. The number of carbonyl (C=O) groups is 1. The predicted molar refractivity (Wildman–Crippen MR) is 95.2 cm³/mol. The number of hydrogen-bond donors (Lipinski definition) is 1. The lowest BCUT2D eigenvalue weighted by molar-refractivity contribution is 0.0230. The van der Waals surface area contributed by atoms with Gasteiger partial charge in [-0.1, -0.05) is 44.2 Å². The lowest BCUT2D eigenvalue weighted by Crippen LogP contribution is -2.31. The van der Waals surface area contributed by atoms with Crippen molar-refractivity contribution in [3.63, 3.8) is 0 Å². The highest BCUT2D eigenvalue weighted by Crippen LogP contribution is 2.19. The van der Waals surface area contributed by atoms with E-state index in [1.807, 2.05) is 30.3 Å². The van der Waals surface area contributed by atoms with Crippen LogP contribution < -0.4 is 5.48 Å². The largest absolute Gasteiger partial charge is 0.277 e. The second-order valence-corrected chi connectivity index (χ2v) is 7.37. The summed E-state index contributed by atoms with van der Waals surface area (Å²) in [6.07, 6.45) is 0.